The first-order valence-corrected chi connectivity index (χ1v) is 10.5. The Morgan fingerprint density at radius 2 is 1.86 bits per heavy atom. The van der Waals surface area contributed by atoms with Crippen LogP contribution in [0.1, 0.15) is 39.5 Å². The molecular formula is C23H30N3O2+. The van der Waals surface area contributed by atoms with Crippen LogP contribution in [0.15, 0.2) is 34.7 Å². The Hall–Kier alpha value is -2.56. The van der Waals surface area contributed by atoms with Gasteiger partial charge < -0.3 is 14.1 Å². The highest BCUT2D eigenvalue weighted by Gasteiger charge is 2.19. The van der Waals surface area contributed by atoms with Crippen LogP contribution >= 0.6 is 0 Å². The second-order valence-electron chi connectivity index (χ2n) is 7.62. The van der Waals surface area contributed by atoms with Gasteiger partial charge in [0, 0.05) is 38.1 Å². The van der Waals surface area contributed by atoms with Crippen LogP contribution < -0.4 is 19.6 Å². The molecule has 3 aliphatic rings. The van der Waals surface area contributed by atoms with Gasteiger partial charge in [0.1, 0.15) is 36.7 Å². The highest BCUT2D eigenvalue weighted by Crippen LogP contribution is 2.36. The Balaban J connectivity index is 1.83. The topological polar surface area (TPSA) is 41.5 Å². The number of ether oxygens (including phenoxy) is 1. The highest BCUT2D eigenvalue weighted by atomic mass is 16.5. The minimum absolute atomic E-state index is 0.703. The van der Waals surface area contributed by atoms with Gasteiger partial charge >= 0.3 is 0 Å². The number of aromatic nitrogens is 1. The van der Waals surface area contributed by atoms with Crippen molar-refractivity contribution in [2.75, 3.05) is 38.2 Å². The number of benzene rings is 2. The fourth-order valence-electron chi connectivity index (χ4n) is 3.72. The average molecular weight is 381 g/mol. The third-order valence-electron chi connectivity index (χ3n) is 5.47. The summed E-state index contributed by atoms with van der Waals surface area (Å²) >= 11 is 0. The molecule has 0 saturated carbocycles. The molecule has 5 nitrogen and oxygen atoms in total. The number of likely N-dealkylation sites (N-methyl/N-ethyl adjacent to an activating group) is 1. The molecule has 2 heterocycles. The van der Waals surface area contributed by atoms with Crippen LogP contribution in [0.2, 0.25) is 0 Å². The molecule has 5 heteroatoms. The largest absolute Gasteiger partial charge is 0.489 e. The molecule has 0 radical (unpaired) electrons. The van der Waals surface area contributed by atoms with Gasteiger partial charge in [-0.3, -0.25) is 0 Å². The summed E-state index contributed by atoms with van der Waals surface area (Å²) in [6.45, 7) is 8.23. The van der Waals surface area contributed by atoms with Gasteiger partial charge in [0.15, 0.2) is 11.3 Å². The van der Waals surface area contributed by atoms with Crippen molar-refractivity contribution in [2.24, 2.45) is 0 Å². The second-order valence-corrected chi connectivity index (χ2v) is 7.62. The Kier molecular flexibility index (Phi) is 5.51. The predicted octanol–water partition coefficient (Wildman–Crippen LogP) is 4.13. The van der Waals surface area contributed by atoms with Crippen molar-refractivity contribution in [3.8, 4) is 17.2 Å². The molecule has 0 N–H and O–H groups in total. The lowest BCUT2D eigenvalue weighted by molar-refractivity contribution is 0.311. The fourth-order valence-corrected chi connectivity index (χ4v) is 3.72. The van der Waals surface area contributed by atoms with Gasteiger partial charge in [0.05, 0.1) is 18.3 Å². The molecule has 0 aromatic heterocycles. The van der Waals surface area contributed by atoms with E-state index in [1.807, 2.05) is 6.07 Å². The van der Waals surface area contributed by atoms with E-state index in [1.54, 1.807) is 0 Å². The molecule has 1 aromatic carbocycles. The molecule has 148 valence electrons. The summed E-state index contributed by atoms with van der Waals surface area (Å²) in [7, 11) is 2.08. The van der Waals surface area contributed by atoms with Crippen molar-refractivity contribution in [1.82, 2.24) is 9.56 Å². The number of fused-ring (bicyclic) bond motifs is 3. The van der Waals surface area contributed by atoms with Gasteiger partial charge in [-0.05, 0) is 6.07 Å². The quantitative estimate of drug-likeness (QED) is 0.476. The lowest BCUT2D eigenvalue weighted by atomic mass is 10.2. The molecule has 28 heavy (non-hydrogen) atoms. The molecule has 0 bridgehead atoms. The minimum atomic E-state index is 0.703. The maximum atomic E-state index is 6.29. The Morgan fingerprint density at radius 1 is 1.07 bits per heavy atom. The third kappa shape index (κ3) is 3.71. The summed E-state index contributed by atoms with van der Waals surface area (Å²) in [5, 5.41) is 1.22. The van der Waals surface area contributed by atoms with Gasteiger partial charge in [-0.2, -0.15) is 0 Å². The first kappa shape index (κ1) is 18.8. The van der Waals surface area contributed by atoms with Crippen LogP contribution in [0.5, 0.6) is 5.75 Å². The highest BCUT2D eigenvalue weighted by molar-refractivity contribution is 5.84. The van der Waals surface area contributed by atoms with Gasteiger partial charge in [-0.15, -0.1) is 0 Å². The van der Waals surface area contributed by atoms with E-state index < -0.39 is 0 Å². The van der Waals surface area contributed by atoms with Crippen molar-refractivity contribution in [3.05, 3.63) is 35.7 Å². The Morgan fingerprint density at radius 3 is 2.61 bits per heavy atom. The standard InChI is InChI=1S/C23H30N3O2/c1-4-6-10-26(11-7-5-2)17-8-9-18-21(14-17)28-22-16-20-23(15-19(22)24-18)27-13-12-25(20)3/h8-9,14-16H,4-7,10-13H2,1-3H3/q+1. The van der Waals surface area contributed by atoms with Gasteiger partial charge in [0.2, 0.25) is 5.36 Å². The van der Waals surface area contributed by atoms with E-state index in [0.717, 1.165) is 53.6 Å². The predicted molar refractivity (Wildman–Crippen MR) is 114 cm³/mol. The van der Waals surface area contributed by atoms with Crippen LogP contribution in [-0.2, 0) is 0 Å². The Bertz CT molecular complexity index is 998. The van der Waals surface area contributed by atoms with E-state index in [1.165, 1.54) is 31.0 Å². The zero-order valence-corrected chi connectivity index (χ0v) is 17.2. The second kappa shape index (κ2) is 8.21. The SMILES string of the molecule is CCCC[N+](CCCC)=c1ccc2nc3cc4c(cc3oc-2c1)N(C)CCO4. The monoisotopic (exact) mass is 380 g/mol. The maximum absolute atomic E-state index is 6.29. The van der Waals surface area contributed by atoms with E-state index in [0.29, 0.717) is 6.61 Å². The average Bonchev–Trinajstić information content (AvgIpc) is 2.71. The minimum Gasteiger partial charge on any atom is -0.489 e. The number of nitrogens with zero attached hydrogens (tertiary/aromatic N) is 3. The molecule has 0 atom stereocenters. The number of anilines is 1. The fraction of sp³-hybridized carbons (Fsp3) is 0.478. The summed E-state index contributed by atoms with van der Waals surface area (Å²) in [6.07, 6.45) is 4.81. The lowest BCUT2D eigenvalue weighted by Crippen LogP contribution is -2.32. The number of hydrogen-bond donors (Lipinski definition) is 0. The lowest BCUT2D eigenvalue weighted by Gasteiger charge is -2.27. The van der Waals surface area contributed by atoms with Crippen molar-refractivity contribution in [1.29, 1.82) is 0 Å². The molecule has 0 saturated heterocycles. The first-order valence-electron chi connectivity index (χ1n) is 10.5. The summed E-state index contributed by atoms with van der Waals surface area (Å²) in [6, 6.07) is 10.4. The summed E-state index contributed by atoms with van der Waals surface area (Å²) in [4.78, 5) is 7.02. The van der Waals surface area contributed by atoms with E-state index >= 15 is 0 Å². The summed E-state index contributed by atoms with van der Waals surface area (Å²) in [5.74, 6) is 1.72. The number of unbranched alkanes of at least 4 members (excludes halogenated alkanes) is 2. The molecule has 1 aromatic rings. The number of hydrogen-bond acceptors (Lipinski definition) is 4. The smallest absolute Gasteiger partial charge is 0.203 e. The normalized spacial score (nSPS) is 13.6. The van der Waals surface area contributed by atoms with E-state index in [2.05, 4.69) is 54.6 Å². The summed E-state index contributed by atoms with van der Waals surface area (Å²) in [5.41, 5.74) is 3.58. The van der Waals surface area contributed by atoms with Crippen LogP contribution in [-0.4, -0.2) is 38.3 Å². The van der Waals surface area contributed by atoms with E-state index in [4.69, 9.17) is 14.1 Å². The van der Waals surface area contributed by atoms with Crippen molar-refractivity contribution in [2.45, 2.75) is 39.5 Å². The summed E-state index contributed by atoms with van der Waals surface area (Å²) < 4.78 is 14.6. The van der Waals surface area contributed by atoms with Crippen LogP contribution in [0.3, 0.4) is 0 Å². The zero-order valence-electron chi connectivity index (χ0n) is 17.2. The van der Waals surface area contributed by atoms with Crippen molar-refractivity contribution >= 4 is 16.8 Å². The van der Waals surface area contributed by atoms with Crippen LogP contribution in [0, 0.1) is 0 Å². The molecule has 0 amide bonds. The van der Waals surface area contributed by atoms with Gasteiger partial charge in [-0.25, -0.2) is 9.56 Å². The van der Waals surface area contributed by atoms with E-state index in [9.17, 15) is 0 Å². The maximum Gasteiger partial charge on any atom is 0.203 e. The van der Waals surface area contributed by atoms with Gasteiger partial charge in [-0.1, -0.05) is 26.7 Å². The number of rotatable bonds is 6. The van der Waals surface area contributed by atoms with Crippen LogP contribution in [0.4, 0.5) is 5.69 Å². The van der Waals surface area contributed by atoms with Crippen molar-refractivity contribution in [3.63, 3.8) is 0 Å². The molecule has 0 spiro atoms. The molecule has 0 unspecified atom stereocenters. The molecular weight excluding hydrogens is 350 g/mol. The first-order chi connectivity index (χ1) is 13.7. The van der Waals surface area contributed by atoms with Crippen molar-refractivity contribution < 1.29 is 9.15 Å². The van der Waals surface area contributed by atoms with Crippen LogP contribution in [0.25, 0.3) is 22.6 Å². The van der Waals surface area contributed by atoms with E-state index in [-0.39, 0.29) is 0 Å². The third-order valence-corrected chi connectivity index (χ3v) is 5.47. The Labute approximate surface area is 166 Å². The molecule has 1 aliphatic carbocycles. The molecule has 2 aliphatic heterocycles. The molecule has 0 fully saturated rings. The zero-order chi connectivity index (χ0) is 19.5. The van der Waals surface area contributed by atoms with Gasteiger partial charge in [0.25, 0.3) is 0 Å². The molecule has 4 rings (SSSR count).